The normalized spacial score (nSPS) is 12.6. The van der Waals surface area contributed by atoms with Crippen molar-refractivity contribution >= 4 is 5.97 Å². The molecule has 0 bridgehead atoms. The third-order valence-corrected chi connectivity index (χ3v) is 3.28. The quantitative estimate of drug-likeness (QED) is 0.696. The van der Waals surface area contributed by atoms with Gasteiger partial charge in [-0.15, -0.1) is 0 Å². The molecule has 0 saturated carbocycles. The number of hydrogen-bond donors (Lipinski definition) is 1. The average Bonchev–Trinajstić information content (AvgIpc) is 2.59. The Balaban J connectivity index is 1.86. The van der Waals surface area contributed by atoms with Crippen LogP contribution in [0.15, 0.2) is 60.7 Å². The lowest BCUT2D eigenvalue weighted by atomic mass is 9.98. The molecular weight excluding hydrogens is 276 g/mol. The summed E-state index contributed by atoms with van der Waals surface area (Å²) < 4.78 is 5.10. The Morgan fingerprint density at radius 3 is 2.32 bits per heavy atom. The maximum atomic E-state index is 11.9. The first-order valence-corrected chi connectivity index (χ1v) is 7.12. The van der Waals surface area contributed by atoms with Crippen molar-refractivity contribution in [1.82, 2.24) is 0 Å². The van der Waals surface area contributed by atoms with E-state index in [1.807, 2.05) is 48.5 Å². The third-order valence-electron chi connectivity index (χ3n) is 3.28. The topological polar surface area (TPSA) is 46.5 Å². The van der Waals surface area contributed by atoms with Crippen LogP contribution in [0, 0.1) is 17.8 Å². The predicted molar refractivity (Wildman–Crippen MR) is 84.8 cm³/mol. The zero-order valence-corrected chi connectivity index (χ0v) is 12.4. The summed E-state index contributed by atoms with van der Waals surface area (Å²) in [5, 5.41) is 10.2. The van der Waals surface area contributed by atoms with Crippen LogP contribution in [0.4, 0.5) is 0 Å². The summed E-state index contributed by atoms with van der Waals surface area (Å²) in [5.74, 6) is 4.60. The SMILES string of the molecule is C[C@H](C(=O)OCC#Cc1ccccc1)[C@@H](O)c1ccccc1. The van der Waals surface area contributed by atoms with E-state index in [0.29, 0.717) is 5.56 Å². The summed E-state index contributed by atoms with van der Waals surface area (Å²) in [6, 6.07) is 18.5. The highest BCUT2D eigenvalue weighted by Gasteiger charge is 2.24. The number of aliphatic hydroxyl groups is 1. The number of hydrogen-bond acceptors (Lipinski definition) is 3. The monoisotopic (exact) mass is 294 g/mol. The highest BCUT2D eigenvalue weighted by Crippen LogP contribution is 2.22. The Morgan fingerprint density at radius 1 is 1.09 bits per heavy atom. The number of benzene rings is 2. The van der Waals surface area contributed by atoms with Gasteiger partial charge in [0, 0.05) is 5.56 Å². The first kappa shape index (κ1) is 15.8. The predicted octanol–water partition coefficient (Wildman–Crippen LogP) is 2.95. The molecule has 1 N–H and O–H groups in total. The van der Waals surface area contributed by atoms with Crippen LogP contribution in [0.3, 0.4) is 0 Å². The summed E-state index contributed by atoms with van der Waals surface area (Å²) in [7, 11) is 0. The van der Waals surface area contributed by atoms with Crippen LogP contribution in [0.2, 0.25) is 0 Å². The van der Waals surface area contributed by atoms with E-state index in [-0.39, 0.29) is 6.61 Å². The smallest absolute Gasteiger partial charge is 0.312 e. The van der Waals surface area contributed by atoms with Gasteiger partial charge in [0.1, 0.15) is 0 Å². The van der Waals surface area contributed by atoms with Gasteiger partial charge < -0.3 is 9.84 Å². The summed E-state index contributed by atoms with van der Waals surface area (Å²) in [6.07, 6.45) is -0.879. The lowest BCUT2D eigenvalue weighted by molar-refractivity contribution is -0.150. The van der Waals surface area contributed by atoms with Crippen molar-refractivity contribution in [3.63, 3.8) is 0 Å². The highest BCUT2D eigenvalue weighted by atomic mass is 16.5. The molecule has 0 spiro atoms. The molecule has 2 atom stereocenters. The van der Waals surface area contributed by atoms with Crippen LogP contribution in [0.1, 0.15) is 24.2 Å². The summed E-state index contributed by atoms with van der Waals surface area (Å²) in [6.45, 7) is 1.66. The van der Waals surface area contributed by atoms with Crippen molar-refractivity contribution in [2.75, 3.05) is 6.61 Å². The van der Waals surface area contributed by atoms with Gasteiger partial charge in [-0.05, 0) is 24.6 Å². The molecule has 2 aromatic carbocycles. The second-order valence-corrected chi connectivity index (χ2v) is 4.92. The zero-order chi connectivity index (χ0) is 15.8. The minimum absolute atomic E-state index is 0.0135. The fourth-order valence-corrected chi connectivity index (χ4v) is 1.97. The van der Waals surface area contributed by atoms with Gasteiger partial charge in [-0.25, -0.2) is 0 Å². The molecule has 0 saturated heterocycles. The second kappa shape index (κ2) is 8.02. The van der Waals surface area contributed by atoms with E-state index < -0.39 is 18.0 Å². The highest BCUT2D eigenvalue weighted by molar-refractivity contribution is 5.73. The maximum Gasteiger partial charge on any atom is 0.312 e. The van der Waals surface area contributed by atoms with Crippen molar-refractivity contribution in [2.24, 2.45) is 5.92 Å². The fraction of sp³-hybridized carbons (Fsp3) is 0.211. The van der Waals surface area contributed by atoms with Crippen LogP contribution in [-0.4, -0.2) is 17.7 Å². The Hall–Kier alpha value is -2.57. The van der Waals surface area contributed by atoms with E-state index in [1.165, 1.54) is 0 Å². The van der Waals surface area contributed by atoms with Crippen molar-refractivity contribution < 1.29 is 14.6 Å². The van der Waals surface area contributed by atoms with E-state index in [2.05, 4.69) is 11.8 Å². The van der Waals surface area contributed by atoms with Gasteiger partial charge >= 0.3 is 5.97 Å². The minimum Gasteiger partial charge on any atom is -0.452 e. The molecule has 22 heavy (non-hydrogen) atoms. The number of rotatable bonds is 4. The molecule has 0 aliphatic heterocycles. The Bertz CT molecular complexity index is 653. The molecule has 0 aromatic heterocycles. The summed E-state index contributed by atoms with van der Waals surface area (Å²) in [4.78, 5) is 11.9. The van der Waals surface area contributed by atoms with Gasteiger partial charge in [0.25, 0.3) is 0 Å². The van der Waals surface area contributed by atoms with Crippen LogP contribution in [0.5, 0.6) is 0 Å². The molecule has 0 radical (unpaired) electrons. The molecule has 2 rings (SSSR count). The van der Waals surface area contributed by atoms with Gasteiger partial charge in [0.15, 0.2) is 6.61 Å². The van der Waals surface area contributed by atoms with E-state index in [9.17, 15) is 9.90 Å². The maximum absolute atomic E-state index is 11.9. The average molecular weight is 294 g/mol. The molecular formula is C19H18O3. The lowest BCUT2D eigenvalue weighted by Crippen LogP contribution is -2.22. The third kappa shape index (κ3) is 4.47. The standard InChI is InChI=1S/C19H18O3/c1-15(18(20)17-12-6-3-7-13-17)19(21)22-14-8-11-16-9-4-2-5-10-16/h2-7,9-10,12-13,15,18,20H,14H2,1H3/t15-,18+/m0/s1. The molecule has 0 heterocycles. The van der Waals surface area contributed by atoms with Gasteiger partial charge in [-0.1, -0.05) is 60.4 Å². The number of carbonyl (C=O) groups is 1. The first-order chi connectivity index (χ1) is 10.7. The zero-order valence-electron chi connectivity index (χ0n) is 12.4. The van der Waals surface area contributed by atoms with Crippen LogP contribution in [0.25, 0.3) is 0 Å². The Morgan fingerprint density at radius 2 is 1.68 bits per heavy atom. The van der Waals surface area contributed by atoms with E-state index in [0.717, 1.165) is 5.56 Å². The Labute approximate surface area is 130 Å². The van der Waals surface area contributed by atoms with E-state index in [4.69, 9.17) is 4.74 Å². The lowest BCUT2D eigenvalue weighted by Gasteiger charge is -2.17. The van der Waals surface area contributed by atoms with E-state index in [1.54, 1.807) is 19.1 Å². The molecule has 0 amide bonds. The second-order valence-electron chi connectivity index (χ2n) is 4.92. The van der Waals surface area contributed by atoms with Crippen LogP contribution >= 0.6 is 0 Å². The van der Waals surface area contributed by atoms with Crippen molar-refractivity contribution in [3.05, 3.63) is 71.8 Å². The summed E-state index contributed by atoms with van der Waals surface area (Å²) >= 11 is 0. The first-order valence-electron chi connectivity index (χ1n) is 7.12. The molecule has 112 valence electrons. The number of ether oxygens (including phenoxy) is 1. The molecule has 3 heteroatoms. The number of carbonyl (C=O) groups excluding carboxylic acids is 1. The van der Waals surface area contributed by atoms with Crippen molar-refractivity contribution in [3.8, 4) is 11.8 Å². The Kier molecular flexibility index (Phi) is 5.76. The molecule has 0 aliphatic rings. The molecule has 2 aromatic rings. The molecule has 0 unspecified atom stereocenters. The largest absolute Gasteiger partial charge is 0.452 e. The molecule has 0 fully saturated rings. The minimum atomic E-state index is -0.879. The molecule has 3 nitrogen and oxygen atoms in total. The number of aliphatic hydroxyl groups excluding tert-OH is 1. The van der Waals surface area contributed by atoms with Crippen molar-refractivity contribution in [1.29, 1.82) is 0 Å². The van der Waals surface area contributed by atoms with E-state index >= 15 is 0 Å². The van der Waals surface area contributed by atoms with Crippen molar-refractivity contribution in [2.45, 2.75) is 13.0 Å². The summed E-state index contributed by atoms with van der Waals surface area (Å²) in [5.41, 5.74) is 1.57. The van der Waals surface area contributed by atoms with Gasteiger partial charge in [-0.3, -0.25) is 4.79 Å². The van der Waals surface area contributed by atoms with Crippen LogP contribution in [-0.2, 0) is 9.53 Å². The van der Waals surface area contributed by atoms with Crippen LogP contribution < -0.4 is 0 Å². The fourth-order valence-electron chi connectivity index (χ4n) is 1.97. The van der Waals surface area contributed by atoms with Gasteiger partial charge in [-0.2, -0.15) is 0 Å². The number of esters is 1. The van der Waals surface area contributed by atoms with Gasteiger partial charge in [0.05, 0.1) is 12.0 Å². The van der Waals surface area contributed by atoms with Gasteiger partial charge in [0.2, 0.25) is 0 Å². The molecule has 0 aliphatic carbocycles.